The van der Waals surface area contributed by atoms with Crippen LogP contribution in [0.3, 0.4) is 0 Å². The van der Waals surface area contributed by atoms with Crippen molar-refractivity contribution in [2.24, 2.45) is 10.2 Å². The molecule has 0 atom stereocenters. The van der Waals surface area contributed by atoms with Crippen molar-refractivity contribution in [1.29, 1.82) is 0 Å². The molecular weight excluding hydrogens is 324 g/mol. The van der Waals surface area contributed by atoms with Crippen molar-refractivity contribution in [3.05, 3.63) is 45.7 Å². The number of benzene rings is 1. The Bertz CT molecular complexity index is 914. The van der Waals surface area contributed by atoms with Crippen LogP contribution in [0.2, 0.25) is 0 Å². The van der Waals surface area contributed by atoms with Gasteiger partial charge >= 0.3 is 0 Å². The first-order valence-electron chi connectivity index (χ1n) is 7.69. The molecule has 1 aliphatic rings. The normalized spacial score (nSPS) is 16.8. The first-order valence-corrected chi connectivity index (χ1v) is 8.67. The van der Waals surface area contributed by atoms with Crippen molar-refractivity contribution >= 4 is 39.5 Å². The summed E-state index contributed by atoms with van der Waals surface area (Å²) in [6.45, 7) is 3.85. The van der Waals surface area contributed by atoms with E-state index in [1.807, 2.05) is 38.1 Å². The monoisotopic (exact) mass is 342 g/mol. The molecule has 0 unspecified atom stereocenters. The van der Waals surface area contributed by atoms with Crippen molar-refractivity contribution in [2.45, 2.75) is 26.7 Å². The van der Waals surface area contributed by atoms with Crippen LogP contribution >= 0.6 is 11.8 Å². The van der Waals surface area contributed by atoms with Crippen molar-refractivity contribution in [2.75, 3.05) is 5.75 Å². The summed E-state index contributed by atoms with van der Waals surface area (Å²) in [6.07, 6.45) is 1.24. The molecule has 24 heavy (non-hydrogen) atoms. The van der Waals surface area contributed by atoms with E-state index in [4.69, 9.17) is 0 Å². The highest BCUT2D eigenvalue weighted by molar-refractivity contribution is 8.15. The van der Waals surface area contributed by atoms with Gasteiger partial charge in [0.15, 0.2) is 5.17 Å². The molecule has 0 aliphatic carbocycles. The molecule has 1 fully saturated rings. The number of carbonyl (C=O) groups excluding carboxylic acids is 1. The smallest absolute Gasteiger partial charge is 0.251 e. The van der Waals surface area contributed by atoms with E-state index in [0.717, 1.165) is 27.7 Å². The Kier molecular flexibility index (Phi) is 4.80. The summed E-state index contributed by atoms with van der Waals surface area (Å²) in [5.41, 5.74) is 3.40. The summed E-state index contributed by atoms with van der Waals surface area (Å²) in [6, 6.07) is 7.79. The average molecular weight is 342 g/mol. The number of carbonyl (C=O) groups is 1. The molecule has 0 radical (unpaired) electrons. The van der Waals surface area contributed by atoms with Crippen LogP contribution in [0.25, 0.3) is 10.9 Å². The van der Waals surface area contributed by atoms with Crippen molar-refractivity contribution in [3.63, 3.8) is 0 Å². The predicted octanol–water partition coefficient (Wildman–Crippen LogP) is 2.36. The Hall–Kier alpha value is -2.41. The Labute approximate surface area is 143 Å². The molecule has 1 amide bonds. The van der Waals surface area contributed by atoms with Gasteiger partial charge in [0.05, 0.1) is 5.75 Å². The van der Waals surface area contributed by atoms with Gasteiger partial charge in [-0.05, 0) is 38.3 Å². The molecule has 2 heterocycles. The minimum Gasteiger partial charge on any atom is -0.322 e. The van der Waals surface area contributed by atoms with Crippen LogP contribution in [0.5, 0.6) is 0 Å². The topological polar surface area (TPSA) is 86.7 Å². The number of hydrogen-bond acceptors (Lipinski definition) is 5. The van der Waals surface area contributed by atoms with Crippen molar-refractivity contribution in [3.8, 4) is 0 Å². The first kappa shape index (κ1) is 16.4. The fourth-order valence-corrected chi connectivity index (χ4v) is 3.24. The molecule has 1 saturated heterocycles. The van der Waals surface area contributed by atoms with Crippen LogP contribution in [-0.2, 0) is 11.2 Å². The number of thioether (sulfide) groups is 1. The molecule has 2 aromatic rings. The largest absolute Gasteiger partial charge is 0.322 e. The molecule has 1 aliphatic heterocycles. The number of aromatic nitrogens is 1. The fourth-order valence-electron chi connectivity index (χ4n) is 2.62. The van der Waals surface area contributed by atoms with Gasteiger partial charge < -0.3 is 10.3 Å². The molecular formula is C17H18N4O2S. The second-order valence-corrected chi connectivity index (χ2v) is 6.64. The number of aromatic amines is 1. The summed E-state index contributed by atoms with van der Waals surface area (Å²) in [4.78, 5) is 26.3. The van der Waals surface area contributed by atoms with E-state index in [1.54, 1.807) is 0 Å². The van der Waals surface area contributed by atoms with E-state index >= 15 is 0 Å². The van der Waals surface area contributed by atoms with Crippen molar-refractivity contribution < 1.29 is 4.79 Å². The number of H-pyrrole nitrogens is 1. The van der Waals surface area contributed by atoms with Gasteiger partial charge in [-0.2, -0.15) is 5.10 Å². The van der Waals surface area contributed by atoms with Crippen molar-refractivity contribution in [1.82, 2.24) is 10.3 Å². The summed E-state index contributed by atoms with van der Waals surface area (Å²) in [5, 5.41) is 12.4. The Morgan fingerprint density at radius 3 is 2.83 bits per heavy atom. The maximum Gasteiger partial charge on any atom is 0.251 e. The summed E-state index contributed by atoms with van der Waals surface area (Å²) >= 11 is 1.34. The van der Waals surface area contributed by atoms with Gasteiger partial charge in [0.25, 0.3) is 5.56 Å². The van der Waals surface area contributed by atoms with Gasteiger partial charge in [-0.3, -0.25) is 9.59 Å². The van der Waals surface area contributed by atoms with E-state index in [9.17, 15) is 9.59 Å². The van der Waals surface area contributed by atoms with Gasteiger partial charge in [0.1, 0.15) is 0 Å². The first-order chi connectivity index (χ1) is 11.5. The number of nitrogens with one attached hydrogen (secondary N) is 2. The SMILES string of the molecule is CC(CCc1c(C)c2ccccc2[nH]c1=O)=NN=C1NC(=O)CS1. The summed E-state index contributed by atoms with van der Waals surface area (Å²) in [7, 11) is 0. The number of aryl methyl sites for hydroxylation is 1. The minimum atomic E-state index is -0.0519. The highest BCUT2D eigenvalue weighted by Gasteiger charge is 2.16. The molecule has 1 aromatic carbocycles. The summed E-state index contributed by atoms with van der Waals surface area (Å²) in [5.74, 6) is 0.337. The van der Waals surface area contributed by atoms with E-state index in [2.05, 4.69) is 20.5 Å². The maximum absolute atomic E-state index is 12.3. The van der Waals surface area contributed by atoms with Crippen LogP contribution in [0, 0.1) is 6.92 Å². The van der Waals surface area contributed by atoms with Gasteiger partial charge in [-0.25, -0.2) is 0 Å². The number of fused-ring (bicyclic) bond motifs is 1. The van der Waals surface area contributed by atoms with Crippen LogP contribution in [-0.4, -0.2) is 27.5 Å². The standard InChI is InChI=1S/C17H18N4O2S/c1-10(20-21-17-19-15(22)9-24-17)7-8-13-11(2)12-5-3-4-6-14(12)18-16(13)23/h3-6H,7-9H2,1-2H3,(H,18,23)(H,19,21,22). The van der Waals surface area contributed by atoms with Gasteiger partial charge in [-0.15, -0.1) is 5.10 Å². The highest BCUT2D eigenvalue weighted by Crippen LogP contribution is 2.18. The van der Waals surface area contributed by atoms with E-state index in [0.29, 0.717) is 23.8 Å². The third-order valence-corrected chi connectivity index (χ3v) is 4.80. The lowest BCUT2D eigenvalue weighted by Crippen LogP contribution is -2.19. The maximum atomic E-state index is 12.3. The molecule has 0 saturated carbocycles. The number of nitrogens with zero attached hydrogens (tertiary/aromatic N) is 2. The third-order valence-electron chi connectivity index (χ3n) is 3.94. The zero-order valence-corrected chi connectivity index (χ0v) is 14.4. The quantitative estimate of drug-likeness (QED) is 0.660. The lowest BCUT2D eigenvalue weighted by molar-refractivity contribution is -0.116. The van der Waals surface area contributed by atoms with Gasteiger partial charge in [-0.1, -0.05) is 30.0 Å². The zero-order valence-electron chi connectivity index (χ0n) is 13.5. The van der Waals surface area contributed by atoms with E-state index in [1.165, 1.54) is 11.8 Å². The zero-order chi connectivity index (χ0) is 17.1. The number of amides is 1. The molecule has 7 heteroatoms. The second kappa shape index (κ2) is 7.00. The fraction of sp³-hybridized carbons (Fsp3) is 0.294. The van der Waals surface area contributed by atoms with Crippen LogP contribution in [0.15, 0.2) is 39.3 Å². The molecule has 124 valence electrons. The van der Waals surface area contributed by atoms with E-state index < -0.39 is 0 Å². The molecule has 6 nitrogen and oxygen atoms in total. The van der Waals surface area contributed by atoms with E-state index in [-0.39, 0.29) is 11.5 Å². The Balaban J connectivity index is 1.76. The Morgan fingerprint density at radius 2 is 2.08 bits per heavy atom. The number of pyridine rings is 1. The molecule has 0 bridgehead atoms. The van der Waals surface area contributed by atoms with Gasteiger partial charge in [0, 0.05) is 22.2 Å². The average Bonchev–Trinajstić information content (AvgIpc) is 2.98. The molecule has 0 spiro atoms. The lowest BCUT2D eigenvalue weighted by atomic mass is 10.0. The summed E-state index contributed by atoms with van der Waals surface area (Å²) < 4.78 is 0. The second-order valence-electron chi connectivity index (χ2n) is 5.68. The van der Waals surface area contributed by atoms with Gasteiger partial charge in [0.2, 0.25) is 5.91 Å². The lowest BCUT2D eigenvalue weighted by Gasteiger charge is -2.08. The molecule has 2 N–H and O–H groups in total. The Morgan fingerprint density at radius 1 is 1.29 bits per heavy atom. The number of hydrogen-bond donors (Lipinski definition) is 2. The molecule has 3 rings (SSSR count). The molecule has 1 aromatic heterocycles. The predicted molar refractivity (Wildman–Crippen MR) is 98.8 cm³/mol. The van der Waals surface area contributed by atoms with Crippen LogP contribution in [0.1, 0.15) is 24.5 Å². The van der Waals surface area contributed by atoms with Crippen LogP contribution in [0.4, 0.5) is 0 Å². The third kappa shape index (κ3) is 3.56. The highest BCUT2D eigenvalue weighted by atomic mass is 32.2. The van der Waals surface area contributed by atoms with Crippen LogP contribution < -0.4 is 10.9 Å². The number of para-hydroxylation sites is 1. The number of rotatable bonds is 4. The number of amidine groups is 1. The minimum absolute atomic E-state index is 0.0510.